The van der Waals surface area contributed by atoms with E-state index >= 15 is 0 Å². The Kier molecular flexibility index (Phi) is 5.91. The van der Waals surface area contributed by atoms with Gasteiger partial charge < -0.3 is 10.1 Å². The molecule has 0 fully saturated rings. The van der Waals surface area contributed by atoms with Crippen molar-refractivity contribution in [3.8, 4) is 0 Å². The van der Waals surface area contributed by atoms with Gasteiger partial charge in [-0.3, -0.25) is 4.79 Å². The van der Waals surface area contributed by atoms with Crippen molar-refractivity contribution in [3.05, 3.63) is 64.5 Å². The van der Waals surface area contributed by atoms with Crippen molar-refractivity contribution in [1.29, 1.82) is 0 Å². The number of carbonyl (C=O) groups excluding carboxylic acids is 2. The lowest BCUT2D eigenvalue weighted by atomic mass is 10.1. The molecule has 26 heavy (non-hydrogen) atoms. The Morgan fingerprint density at radius 3 is 1.88 bits per heavy atom. The molecule has 1 amide bonds. The van der Waals surface area contributed by atoms with Gasteiger partial charge in [0.15, 0.2) is 23.3 Å². The molecule has 2 rings (SSSR count). The predicted molar refractivity (Wildman–Crippen MR) is 81.2 cm³/mol. The fourth-order valence-corrected chi connectivity index (χ4v) is 1.97. The summed E-state index contributed by atoms with van der Waals surface area (Å²) in [5.41, 5.74) is -1.47. The van der Waals surface area contributed by atoms with E-state index in [1.54, 1.807) is 0 Å². The summed E-state index contributed by atoms with van der Waals surface area (Å²) in [7, 11) is 0. The number of carbonyl (C=O) groups is 2. The molecule has 0 saturated carbocycles. The zero-order valence-electron chi connectivity index (χ0n) is 13.3. The van der Waals surface area contributed by atoms with Gasteiger partial charge in [-0.25, -0.2) is 26.7 Å². The van der Waals surface area contributed by atoms with Crippen LogP contribution in [0.2, 0.25) is 0 Å². The van der Waals surface area contributed by atoms with Crippen LogP contribution in [0.3, 0.4) is 0 Å². The van der Waals surface area contributed by atoms with E-state index in [-0.39, 0.29) is 17.9 Å². The smallest absolute Gasteiger partial charge is 0.338 e. The first-order chi connectivity index (χ1) is 12.3. The Morgan fingerprint density at radius 2 is 1.38 bits per heavy atom. The van der Waals surface area contributed by atoms with Crippen molar-refractivity contribution < 1.29 is 36.3 Å². The van der Waals surface area contributed by atoms with Crippen molar-refractivity contribution in [2.75, 3.05) is 11.9 Å². The van der Waals surface area contributed by atoms with Gasteiger partial charge in [-0.2, -0.15) is 0 Å². The van der Waals surface area contributed by atoms with Gasteiger partial charge in [0.1, 0.15) is 5.56 Å². The molecule has 0 spiro atoms. The van der Waals surface area contributed by atoms with Crippen molar-refractivity contribution in [2.45, 2.75) is 13.3 Å². The highest BCUT2D eigenvalue weighted by Gasteiger charge is 2.29. The van der Waals surface area contributed by atoms with E-state index in [0.29, 0.717) is 6.42 Å². The van der Waals surface area contributed by atoms with Crippen LogP contribution in [0.25, 0.3) is 0 Å². The molecule has 0 radical (unpaired) electrons. The summed E-state index contributed by atoms with van der Waals surface area (Å²) in [5.74, 6) is -13.4. The van der Waals surface area contributed by atoms with Gasteiger partial charge in [-0.1, -0.05) is 6.92 Å². The fourth-order valence-electron chi connectivity index (χ4n) is 1.97. The molecule has 0 unspecified atom stereocenters. The Bertz CT molecular complexity index is 823. The van der Waals surface area contributed by atoms with Gasteiger partial charge in [-0.05, 0) is 30.7 Å². The molecule has 4 nitrogen and oxygen atoms in total. The predicted octanol–water partition coefficient (Wildman–Crippen LogP) is 4.20. The normalized spacial score (nSPS) is 10.5. The number of benzene rings is 2. The van der Waals surface area contributed by atoms with Crippen LogP contribution in [-0.4, -0.2) is 18.5 Å². The van der Waals surface area contributed by atoms with Crippen molar-refractivity contribution >= 4 is 17.6 Å². The maximum atomic E-state index is 13.6. The van der Waals surface area contributed by atoms with Gasteiger partial charge in [-0.15, -0.1) is 0 Å². The minimum Gasteiger partial charge on any atom is -0.462 e. The van der Waals surface area contributed by atoms with Gasteiger partial charge in [0.25, 0.3) is 5.91 Å². The molecule has 9 heteroatoms. The number of nitrogens with one attached hydrogen (secondary N) is 1. The fraction of sp³-hybridized carbons (Fsp3) is 0.176. The summed E-state index contributed by atoms with van der Waals surface area (Å²) in [4.78, 5) is 23.5. The third kappa shape index (κ3) is 3.81. The summed E-state index contributed by atoms with van der Waals surface area (Å²) < 4.78 is 71.4. The highest BCUT2D eigenvalue weighted by atomic mass is 19.2. The van der Waals surface area contributed by atoms with Crippen LogP contribution in [0, 0.1) is 29.1 Å². The molecule has 0 aliphatic rings. The van der Waals surface area contributed by atoms with E-state index < -0.39 is 46.5 Å². The first-order valence-corrected chi connectivity index (χ1v) is 7.37. The van der Waals surface area contributed by atoms with Crippen molar-refractivity contribution in [3.63, 3.8) is 0 Å². The molecule has 0 atom stereocenters. The molecule has 2 aromatic rings. The third-order valence-electron chi connectivity index (χ3n) is 3.25. The minimum atomic E-state index is -2.36. The molecule has 2 aromatic carbocycles. The standard InChI is InChI=1S/C17H12F5NO3/c1-2-7-26-17(25)8-3-5-9(6-4-8)23-16(24)10-11(18)13(20)15(22)14(21)12(10)19/h3-6H,2,7H2,1H3,(H,23,24). The Morgan fingerprint density at radius 1 is 0.885 bits per heavy atom. The molecular formula is C17H12F5NO3. The Hall–Kier alpha value is -2.97. The molecule has 0 bridgehead atoms. The second kappa shape index (κ2) is 7.94. The molecule has 1 N–H and O–H groups in total. The Labute approximate surface area is 144 Å². The van der Waals surface area contributed by atoms with E-state index in [2.05, 4.69) is 0 Å². The number of anilines is 1. The highest BCUT2D eigenvalue weighted by Crippen LogP contribution is 2.24. The maximum absolute atomic E-state index is 13.6. The van der Waals surface area contributed by atoms with Gasteiger partial charge in [0, 0.05) is 5.69 Å². The molecule has 0 heterocycles. The van der Waals surface area contributed by atoms with Crippen molar-refractivity contribution in [2.24, 2.45) is 0 Å². The number of halogens is 5. The monoisotopic (exact) mass is 373 g/mol. The average molecular weight is 373 g/mol. The summed E-state index contributed by atoms with van der Waals surface area (Å²) in [5, 5.41) is 2.00. The van der Waals surface area contributed by atoms with Crippen LogP contribution in [0.1, 0.15) is 34.1 Å². The molecule has 0 aliphatic carbocycles. The Balaban J connectivity index is 2.22. The molecule has 0 aliphatic heterocycles. The molecule has 138 valence electrons. The number of esters is 1. The summed E-state index contributed by atoms with van der Waals surface area (Å²) >= 11 is 0. The zero-order valence-corrected chi connectivity index (χ0v) is 13.3. The van der Waals surface area contributed by atoms with E-state index in [1.165, 1.54) is 24.3 Å². The zero-order chi connectivity index (χ0) is 19.4. The summed E-state index contributed by atoms with van der Waals surface area (Å²) in [6.45, 7) is 2.03. The number of rotatable bonds is 5. The van der Waals surface area contributed by atoms with E-state index in [0.717, 1.165) is 0 Å². The maximum Gasteiger partial charge on any atom is 0.338 e. The number of amides is 1. The summed E-state index contributed by atoms with van der Waals surface area (Å²) in [6, 6.07) is 4.97. The van der Waals surface area contributed by atoms with E-state index in [1.807, 2.05) is 12.2 Å². The second-order valence-corrected chi connectivity index (χ2v) is 5.11. The SMILES string of the molecule is CCCOC(=O)c1ccc(NC(=O)c2c(F)c(F)c(F)c(F)c2F)cc1. The number of ether oxygens (including phenoxy) is 1. The number of hydrogen-bond donors (Lipinski definition) is 1. The lowest BCUT2D eigenvalue weighted by Gasteiger charge is -2.09. The highest BCUT2D eigenvalue weighted by molar-refractivity contribution is 6.05. The van der Waals surface area contributed by atoms with E-state index in [4.69, 9.17) is 4.74 Å². The van der Waals surface area contributed by atoms with Crippen LogP contribution >= 0.6 is 0 Å². The summed E-state index contributed by atoms with van der Waals surface area (Å²) in [6.07, 6.45) is 0.627. The van der Waals surface area contributed by atoms with Crippen LogP contribution in [0.4, 0.5) is 27.6 Å². The van der Waals surface area contributed by atoms with Crippen molar-refractivity contribution in [1.82, 2.24) is 0 Å². The first kappa shape index (κ1) is 19.4. The average Bonchev–Trinajstić information content (AvgIpc) is 2.63. The first-order valence-electron chi connectivity index (χ1n) is 7.37. The van der Waals surface area contributed by atoms with Gasteiger partial charge in [0.2, 0.25) is 5.82 Å². The minimum absolute atomic E-state index is 0.0222. The largest absolute Gasteiger partial charge is 0.462 e. The van der Waals surface area contributed by atoms with Gasteiger partial charge in [0.05, 0.1) is 12.2 Å². The molecule has 0 saturated heterocycles. The van der Waals surface area contributed by atoms with E-state index in [9.17, 15) is 31.5 Å². The van der Waals surface area contributed by atoms with Crippen LogP contribution < -0.4 is 5.32 Å². The molecular weight excluding hydrogens is 361 g/mol. The third-order valence-corrected chi connectivity index (χ3v) is 3.25. The molecule has 0 aromatic heterocycles. The second-order valence-electron chi connectivity index (χ2n) is 5.11. The van der Waals surface area contributed by atoms with Crippen LogP contribution in [0.15, 0.2) is 24.3 Å². The van der Waals surface area contributed by atoms with Gasteiger partial charge >= 0.3 is 5.97 Å². The topological polar surface area (TPSA) is 55.4 Å². The van der Waals surface area contributed by atoms with Crippen LogP contribution in [0.5, 0.6) is 0 Å². The number of hydrogen-bond acceptors (Lipinski definition) is 3. The lowest BCUT2D eigenvalue weighted by Crippen LogP contribution is -2.19. The lowest BCUT2D eigenvalue weighted by molar-refractivity contribution is 0.0505. The van der Waals surface area contributed by atoms with Crippen LogP contribution in [-0.2, 0) is 4.74 Å². The quantitative estimate of drug-likeness (QED) is 0.370.